The number of carbonyl (C=O) groups excluding carboxylic acids is 1. The number of ether oxygens (including phenoxy) is 3. The number of benzene rings is 2. The molecule has 0 unspecified atom stereocenters. The van der Waals surface area contributed by atoms with Crippen molar-refractivity contribution in [2.75, 3.05) is 13.2 Å². The molecule has 0 aliphatic carbocycles. The minimum atomic E-state index is -0.465. The molecule has 0 amide bonds. The number of aliphatic imine (C=N–C) groups is 1. The number of nitrogens with zero attached hydrogens (tertiary/aromatic N) is 1. The second-order valence-electron chi connectivity index (χ2n) is 5.69. The highest BCUT2D eigenvalue weighted by molar-refractivity contribution is 6.12. The van der Waals surface area contributed by atoms with Gasteiger partial charge >= 0.3 is 5.97 Å². The van der Waals surface area contributed by atoms with Crippen LogP contribution in [0.3, 0.4) is 0 Å². The lowest BCUT2D eigenvalue weighted by Crippen LogP contribution is -2.05. The average Bonchev–Trinajstić information content (AvgIpc) is 3.03. The summed E-state index contributed by atoms with van der Waals surface area (Å²) in [5, 5.41) is 0. The van der Waals surface area contributed by atoms with Crippen molar-refractivity contribution < 1.29 is 19.0 Å². The van der Waals surface area contributed by atoms with Crippen LogP contribution in [0.25, 0.3) is 6.08 Å². The quantitative estimate of drug-likeness (QED) is 0.554. The summed E-state index contributed by atoms with van der Waals surface area (Å²) in [6, 6.07) is 14.9. The van der Waals surface area contributed by atoms with Crippen molar-refractivity contribution in [3.63, 3.8) is 0 Å². The van der Waals surface area contributed by atoms with Gasteiger partial charge in [0.1, 0.15) is 0 Å². The number of rotatable bonds is 7. The van der Waals surface area contributed by atoms with E-state index < -0.39 is 5.97 Å². The van der Waals surface area contributed by atoms with Gasteiger partial charge in [0.25, 0.3) is 0 Å². The van der Waals surface area contributed by atoms with Crippen LogP contribution in [0.5, 0.6) is 11.5 Å². The van der Waals surface area contributed by atoms with Gasteiger partial charge in [-0.3, -0.25) is 0 Å². The summed E-state index contributed by atoms with van der Waals surface area (Å²) in [6.07, 6.45) is 2.60. The Bertz CT molecular complexity index is 840. The predicted molar refractivity (Wildman–Crippen MR) is 100 cm³/mol. The van der Waals surface area contributed by atoms with Crippen LogP contribution in [0.2, 0.25) is 0 Å². The van der Waals surface area contributed by atoms with Crippen molar-refractivity contribution in [1.82, 2.24) is 0 Å². The smallest absolute Gasteiger partial charge is 0.363 e. The van der Waals surface area contributed by atoms with Crippen molar-refractivity contribution in [3.05, 3.63) is 65.4 Å². The van der Waals surface area contributed by atoms with Crippen LogP contribution in [0.1, 0.15) is 31.4 Å². The van der Waals surface area contributed by atoms with E-state index in [1.807, 2.05) is 62.4 Å². The van der Waals surface area contributed by atoms with Crippen LogP contribution < -0.4 is 9.47 Å². The van der Waals surface area contributed by atoms with Crippen LogP contribution >= 0.6 is 0 Å². The van der Waals surface area contributed by atoms with E-state index >= 15 is 0 Å². The van der Waals surface area contributed by atoms with Crippen molar-refractivity contribution in [2.45, 2.75) is 20.3 Å². The van der Waals surface area contributed by atoms with Gasteiger partial charge in [0.2, 0.25) is 5.90 Å². The maximum atomic E-state index is 12.1. The van der Waals surface area contributed by atoms with Crippen molar-refractivity contribution >= 4 is 17.9 Å². The molecule has 0 atom stereocenters. The number of hydrogen-bond acceptors (Lipinski definition) is 5. The van der Waals surface area contributed by atoms with Crippen LogP contribution in [0.4, 0.5) is 0 Å². The third-order valence-corrected chi connectivity index (χ3v) is 3.67. The van der Waals surface area contributed by atoms with Gasteiger partial charge in [-0.2, -0.15) is 0 Å². The van der Waals surface area contributed by atoms with Gasteiger partial charge in [-0.05, 0) is 49.2 Å². The Morgan fingerprint density at radius 2 is 1.85 bits per heavy atom. The standard InChI is InChI=1S/C21H21NO4/c1-3-12-25-18-11-10-15(14-19(18)24-4-2)13-17-21(23)26-20(22-17)16-8-6-5-7-9-16/h5-11,13-14H,3-4,12H2,1-2H3/b17-13-. The van der Waals surface area contributed by atoms with Gasteiger partial charge in [0, 0.05) is 5.56 Å². The fourth-order valence-corrected chi connectivity index (χ4v) is 2.49. The molecule has 0 radical (unpaired) electrons. The van der Waals surface area contributed by atoms with Gasteiger partial charge in [0.15, 0.2) is 17.2 Å². The summed E-state index contributed by atoms with van der Waals surface area (Å²) in [4.78, 5) is 16.4. The largest absolute Gasteiger partial charge is 0.490 e. The molecule has 0 bridgehead atoms. The van der Waals surface area contributed by atoms with Crippen molar-refractivity contribution in [3.8, 4) is 11.5 Å². The highest BCUT2D eigenvalue weighted by atomic mass is 16.6. The molecule has 0 aromatic heterocycles. The zero-order valence-electron chi connectivity index (χ0n) is 14.9. The Morgan fingerprint density at radius 3 is 2.58 bits per heavy atom. The lowest BCUT2D eigenvalue weighted by molar-refractivity contribution is -0.129. The van der Waals surface area contributed by atoms with Gasteiger partial charge in [-0.1, -0.05) is 31.2 Å². The molecular weight excluding hydrogens is 330 g/mol. The van der Waals surface area contributed by atoms with E-state index in [9.17, 15) is 4.79 Å². The van der Waals surface area contributed by atoms with Crippen molar-refractivity contribution in [2.24, 2.45) is 4.99 Å². The highest BCUT2D eigenvalue weighted by Gasteiger charge is 2.24. The van der Waals surface area contributed by atoms with Gasteiger partial charge in [0.05, 0.1) is 13.2 Å². The van der Waals surface area contributed by atoms with Gasteiger partial charge in [-0.15, -0.1) is 0 Å². The third kappa shape index (κ3) is 4.11. The first kappa shape index (κ1) is 17.7. The molecule has 134 valence electrons. The minimum absolute atomic E-state index is 0.258. The highest BCUT2D eigenvalue weighted by Crippen LogP contribution is 2.30. The number of hydrogen-bond donors (Lipinski definition) is 0. The molecule has 0 saturated heterocycles. The first-order valence-corrected chi connectivity index (χ1v) is 8.69. The van der Waals surface area contributed by atoms with E-state index in [0.29, 0.717) is 30.6 Å². The zero-order chi connectivity index (χ0) is 18.4. The normalized spacial score (nSPS) is 14.9. The first-order chi connectivity index (χ1) is 12.7. The number of esters is 1. The van der Waals surface area contributed by atoms with Crippen molar-refractivity contribution in [1.29, 1.82) is 0 Å². The summed E-state index contributed by atoms with van der Waals surface area (Å²) >= 11 is 0. The molecular formula is C21H21NO4. The molecule has 3 rings (SSSR count). The van der Waals surface area contributed by atoms with Crippen LogP contribution in [0, 0.1) is 0 Å². The fourth-order valence-electron chi connectivity index (χ4n) is 2.49. The molecule has 5 heteroatoms. The molecule has 1 aliphatic rings. The Balaban J connectivity index is 1.87. The lowest BCUT2D eigenvalue weighted by Gasteiger charge is -2.12. The molecule has 0 spiro atoms. The van der Waals surface area contributed by atoms with Crippen LogP contribution in [-0.2, 0) is 9.53 Å². The van der Waals surface area contributed by atoms with E-state index in [1.54, 1.807) is 6.08 Å². The average molecular weight is 351 g/mol. The zero-order valence-corrected chi connectivity index (χ0v) is 14.9. The van der Waals surface area contributed by atoms with E-state index in [1.165, 1.54) is 0 Å². The van der Waals surface area contributed by atoms with Crippen LogP contribution in [0.15, 0.2) is 59.2 Å². The molecule has 0 N–H and O–H groups in total. The van der Waals surface area contributed by atoms with Crippen LogP contribution in [-0.4, -0.2) is 25.1 Å². The maximum Gasteiger partial charge on any atom is 0.363 e. The SMILES string of the molecule is CCCOc1ccc(/C=C2\N=C(c3ccccc3)OC2=O)cc1OCC. The third-order valence-electron chi connectivity index (χ3n) is 3.67. The summed E-state index contributed by atoms with van der Waals surface area (Å²) in [5.41, 5.74) is 1.82. The summed E-state index contributed by atoms with van der Waals surface area (Å²) in [6.45, 7) is 5.12. The van der Waals surface area contributed by atoms with E-state index in [2.05, 4.69) is 4.99 Å². The van der Waals surface area contributed by atoms with E-state index in [4.69, 9.17) is 14.2 Å². The second-order valence-corrected chi connectivity index (χ2v) is 5.69. The predicted octanol–water partition coefficient (Wildman–Crippen LogP) is 4.22. The molecule has 0 fully saturated rings. The number of cyclic esters (lactones) is 1. The fraction of sp³-hybridized carbons (Fsp3) is 0.238. The Labute approximate surface area is 152 Å². The Hall–Kier alpha value is -3.08. The lowest BCUT2D eigenvalue weighted by atomic mass is 10.1. The first-order valence-electron chi connectivity index (χ1n) is 8.69. The van der Waals surface area contributed by atoms with E-state index in [0.717, 1.165) is 17.5 Å². The topological polar surface area (TPSA) is 57.1 Å². The van der Waals surface area contributed by atoms with Gasteiger partial charge < -0.3 is 14.2 Å². The summed E-state index contributed by atoms with van der Waals surface area (Å²) in [7, 11) is 0. The molecule has 1 aliphatic heterocycles. The molecule has 5 nitrogen and oxygen atoms in total. The molecule has 26 heavy (non-hydrogen) atoms. The molecule has 2 aromatic rings. The minimum Gasteiger partial charge on any atom is -0.490 e. The van der Waals surface area contributed by atoms with Gasteiger partial charge in [-0.25, -0.2) is 9.79 Å². The molecule has 0 saturated carbocycles. The second kappa shape index (κ2) is 8.34. The molecule has 1 heterocycles. The maximum absolute atomic E-state index is 12.1. The Morgan fingerprint density at radius 1 is 1.04 bits per heavy atom. The summed E-state index contributed by atoms with van der Waals surface area (Å²) < 4.78 is 16.6. The van der Waals surface area contributed by atoms with E-state index in [-0.39, 0.29) is 5.70 Å². The molecule has 2 aromatic carbocycles. The Kier molecular flexibility index (Phi) is 5.69. The number of carbonyl (C=O) groups is 1. The summed E-state index contributed by atoms with van der Waals surface area (Å²) in [5.74, 6) is 1.19. The monoisotopic (exact) mass is 351 g/mol.